The predicted octanol–water partition coefficient (Wildman–Crippen LogP) is 4.68. The summed E-state index contributed by atoms with van der Waals surface area (Å²) in [5, 5.41) is 14.0. The first kappa shape index (κ1) is 27.7. The minimum atomic E-state index is -2.84. The van der Waals surface area contributed by atoms with E-state index in [0.29, 0.717) is 17.8 Å². The Hall–Kier alpha value is -2.90. The highest BCUT2D eigenvalue weighted by Gasteiger charge is 2.67. The molecule has 12 heteroatoms. The van der Waals surface area contributed by atoms with Gasteiger partial charge in [0.25, 0.3) is 0 Å². The summed E-state index contributed by atoms with van der Waals surface area (Å²) in [4.78, 5) is 25.5. The van der Waals surface area contributed by atoms with Gasteiger partial charge in [-0.25, -0.2) is 19.7 Å². The molecule has 4 atom stereocenters. The summed E-state index contributed by atoms with van der Waals surface area (Å²) in [6.07, 6.45) is 0.251. The third-order valence-electron chi connectivity index (χ3n) is 7.48. The SMILES string of the molecule is CC(C)(C)[Si]1(C(C)(C)C)OC[C@H]2O[C@@H](n3cnc4c(NC(=O)OCc5ccccc5)ncnc43)[C@@](C)(O)C2O1. The number of imidazole rings is 1. The normalized spacial score (nSPS) is 26.8. The van der Waals surface area contributed by atoms with Crippen LogP contribution in [0.4, 0.5) is 10.6 Å². The minimum Gasteiger partial charge on any atom is -0.444 e. The van der Waals surface area contributed by atoms with E-state index in [2.05, 4.69) is 61.8 Å². The van der Waals surface area contributed by atoms with Gasteiger partial charge in [0.2, 0.25) is 0 Å². The van der Waals surface area contributed by atoms with Crippen LogP contribution in [0.25, 0.3) is 11.2 Å². The number of ether oxygens (including phenoxy) is 2. The van der Waals surface area contributed by atoms with Gasteiger partial charge < -0.3 is 23.4 Å². The van der Waals surface area contributed by atoms with Crippen molar-refractivity contribution in [3.63, 3.8) is 0 Å². The van der Waals surface area contributed by atoms with Crippen molar-refractivity contribution >= 4 is 31.6 Å². The van der Waals surface area contributed by atoms with Crippen molar-refractivity contribution in [3.8, 4) is 0 Å². The number of amides is 1. The second kappa shape index (κ2) is 9.63. The molecule has 4 heterocycles. The van der Waals surface area contributed by atoms with Gasteiger partial charge in [-0.2, -0.15) is 0 Å². The maximum atomic E-state index is 12.5. The number of carbonyl (C=O) groups is 1. The predicted molar refractivity (Wildman–Crippen MR) is 146 cm³/mol. The lowest BCUT2D eigenvalue weighted by atomic mass is 9.96. The second-order valence-corrected chi connectivity index (χ2v) is 17.2. The van der Waals surface area contributed by atoms with Gasteiger partial charge in [-0.1, -0.05) is 71.9 Å². The van der Waals surface area contributed by atoms with Gasteiger partial charge in [-0.15, -0.1) is 0 Å². The van der Waals surface area contributed by atoms with Crippen LogP contribution in [0.1, 0.15) is 60.3 Å². The molecule has 210 valence electrons. The summed E-state index contributed by atoms with van der Waals surface area (Å²) in [5.41, 5.74) is 0.185. The molecule has 0 bridgehead atoms. The summed E-state index contributed by atoms with van der Waals surface area (Å²) in [6.45, 7) is 14.9. The molecule has 39 heavy (non-hydrogen) atoms. The van der Waals surface area contributed by atoms with Gasteiger partial charge in [-0.3, -0.25) is 9.88 Å². The van der Waals surface area contributed by atoms with E-state index in [4.69, 9.17) is 18.3 Å². The zero-order chi connectivity index (χ0) is 28.2. The number of nitrogens with zero attached hydrogens (tertiary/aromatic N) is 4. The first-order valence-electron chi connectivity index (χ1n) is 13.1. The highest BCUT2D eigenvalue weighted by molar-refractivity contribution is 6.73. The fourth-order valence-electron chi connectivity index (χ4n) is 5.86. The lowest BCUT2D eigenvalue weighted by Gasteiger charge is -2.54. The highest BCUT2D eigenvalue weighted by Crippen LogP contribution is 2.57. The van der Waals surface area contributed by atoms with Gasteiger partial charge >= 0.3 is 14.7 Å². The van der Waals surface area contributed by atoms with Crippen LogP contribution in [0.5, 0.6) is 0 Å². The lowest BCUT2D eigenvalue weighted by molar-refractivity contribution is -0.0951. The molecule has 2 aliphatic rings. The smallest absolute Gasteiger partial charge is 0.413 e. The van der Waals surface area contributed by atoms with Crippen LogP contribution < -0.4 is 5.32 Å². The average Bonchev–Trinajstić information content (AvgIpc) is 3.40. The second-order valence-electron chi connectivity index (χ2n) is 12.5. The number of carbonyl (C=O) groups excluding carboxylic acids is 1. The minimum absolute atomic E-state index is 0.118. The van der Waals surface area contributed by atoms with Gasteiger partial charge in [0, 0.05) is 10.1 Å². The Morgan fingerprint density at radius 2 is 1.85 bits per heavy atom. The molecule has 0 spiro atoms. The van der Waals surface area contributed by atoms with Crippen molar-refractivity contribution in [2.75, 3.05) is 11.9 Å². The Bertz CT molecular complexity index is 1340. The number of nitrogens with one attached hydrogen (secondary N) is 1. The Labute approximate surface area is 229 Å². The molecule has 1 aromatic carbocycles. The van der Waals surface area contributed by atoms with E-state index in [-0.39, 0.29) is 22.5 Å². The Morgan fingerprint density at radius 1 is 1.15 bits per heavy atom. The summed E-state index contributed by atoms with van der Waals surface area (Å²) < 4.78 is 26.7. The van der Waals surface area contributed by atoms with Crippen molar-refractivity contribution in [1.29, 1.82) is 0 Å². The maximum absolute atomic E-state index is 12.5. The third kappa shape index (κ3) is 4.74. The zero-order valence-corrected chi connectivity index (χ0v) is 24.5. The molecule has 11 nitrogen and oxygen atoms in total. The van der Waals surface area contributed by atoms with Crippen molar-refractivity contribution in [2.45, 2.75) is 89.2 Å². The van der Waals surface area contributed by atoms with Crippen LogP contribution in [-0.2, 0) is 24.9 Å². The van der Waals surface area contributed by atoms with E-state index < -0.39 is 38.7 Å². The standard InChI is InChI=1S/C27H37N5O6Si/c1-25(2,3)39(26(4,5)6)36-14-18-20(38-39)27(7,34)23(37-18)32-16-30-19-21(28-15-29-22(19)32)31-24(33)35-13-17-11-9-8-10-12-17/h8-12,15-16,18,20,23,34H,13-14H2,1-7H3,(H,28,29,31,33)/t18-,20?,23-,27+/m1/s1. The number of aliphatic hydroxyl groups is 1. The number of fused-ring (bicyclic) bond motifs is 2. The molecule has 2 fully saturated rings. The van der Waals surface area contributed by atoms with Gasteiger partial charge in [0.1, 0.15) is 30.7 Å². The van der Waals surface area contributed by atoms with Crippen molar-refractivity contribution in [2.24, 2.45) is 0 Å². The van der Waals surface area contributed by atoms with E-state index >= 15 is 0 Å². The molecule has 0 aliphatic carbocycles. The molecule has 1 amide bonds. The van der Waals surface area contributed by atoms with Gasteiger partial charge in [0.05, 0.1) is 12.9 Å². The van der Waals surface area contributed by atoms with Crippen LogP contribution in [0.3, 0.4) is 0 Å². The molecule has 2 aliphatic heterocycles. The number of hydrogen-bond donors (Lipinski definition) is 2. The van der Waals surface area contributed by atoms with E-state index in [0.717, 1.165) is 5.56 Å². The molecule has 0 saturated carbocycles. The zero-order valence-electron chi connectivity index (χ0n) is 23.5. The highest BCUT2D eigenvalue weighted by atomic mass is 28.4. The van der Waals surface area contributed by atoms with E-state index in [1.165, 1.54) is 12.7 Å². The molecule has 0 radical (unpaired) electrons. The fourth-order valence-corrected chi connectivity index (χ4v) is 10.9. The summed E-state index contributed by atoms with van der Waals surface area (Å²) in [7, 11) is -2.84. The number of hydrogen-bond acceptors (Lipinski definition) is 9. The largest absolute Gasteiger partial charge is 0.444 e. The summed E-state index contributed by atoms with van der Waals surface area (Å²) in [5.74, 6) is 0.193. The van der Waals surface area contributed by atoms with Gasteiger partial charge in [0.15, 0.2) is 23.2 Å². The lowest BCUT2D eigenvalue weighted by Crippen LogP contribution is -2.66. The van der Waals surface area contributed by atoms with Gasteiger partial charge in [-0.05, 0) is 12.5 Å². The molecule has 3 aromatic rings. The Kier molecular flexibility index (Phi) is 6.83. The maximum Gasteiger partial charge on any atom is 0.413 e. The molecular weight excluding hydrogens is 518 g/mol. The quantitative estimate of drug-likeness (QED) is 0.441. The monoisotopic (exact) mass is 555 g/mol. The molecule has 5 rings (SSSR count). The summed E-state index contributed by atoms with van der Waals surface area (Å²) >= 11 is 0. The number of rotatable bonds is 4. The van der Waals surface area contributed by atoms with E-state index in [1.807, 2.05) is 30.3 Å². The molecule has 1 unspecified atom stereocenters. The van der Waals surface area contributed by atoms with Crippen LogP contribution in [0.15, 0.2) is 43.0 Å². The van der Waals surface area contributed by atoms with Crippen LogP contribution in [-0.4, -0.2) is 63.7 Å². The molecular formula is C27H37N5O6Si. The molecule has 2 aromatic heterocycles. The third-order valence-corrected chi connectivity index (χ3v) is 12.6. The van der Waals surface area contributed by atoms with Crippen LogP contribution >= 0.6 is 0 Å². The Balaban J connectivity index is 1.39. The number of anilines is 1. The average molecular weight is 556 g/mol. The van der Waals surface area contributed by atoms with Crippen LogP contribution in [0.2, 0.25) is 10.1 Å². The van der Waals surface area contributed by atoms with E-state index in [1.54, 1.807) is 11.5 Å². The molecule has 2 N–H and O–H groups in total. The van der Waals surface area contributed by atoms with Crippen molar-refractivity contribution in [3.05, 3.63) is 48.5 Å². The first-order valence-corrected chi connectivity index (χ1v) is 14.9. The number of benzene rings is 1. The van der Waals surface area contributed by atoms with Crippen molar-refractivity contribution < 1.29 is 28.2 Å². The first-order chi connectivity index (χ1) is 18.2. The number of aromatic nitrogens is 4. The fraction of sp³-hybridized carbons (Fsp3) is 0.556. The van der Waals surface area contributed by atoms with Crippen molar-refractivity contribution in [1.82, 2.24) is 19.5 Å². The van der Waals surface area contributed by atoms with E-state index in [9.17, 15) is 9.90 Å². The van der Waals surface area contributed by atoms with Crippen LogP contribution in [0, 0.1) is 0 Å². The summed E-state index contributed by atoms with van der Waals surface area (Å²) in [6, 6.07) is 9.38. The Morgan fingerprint density at radius 3 is 2.51 bits per heavy atom. The molecule has 2 saturated heterocycles. The topological polar surface area (TPSA) is 130 Å².